The quantitative estimate of drug-likeness (QED) is 0.644. The van der Waals surface area contributed by atoms with Crippen LogP contribution in [0, 0.1) is 5.92 Å². The smallest absolute Gasteiger partial charge is 0.251 e. The van der Waals surface area contributed by atoms with Crippen molar-refractivity contribution < 1.29 is 14.3 Å². The van der Waals surface area contributed by atoms with Gasteiger partial charge in [-0.25, -0.2) is 0 Å². The standard InChI is InChI=1S/C20H32N2O3.ClH/c1-3-12-24-18-8-7-17(14-19(18)25-13-4-2)20(23)22-11-9-16-6-5-10-21-15-16;/h7-8,14,16,21H,3-6,9-13,15H2,1-2H3,(H,22,23);1H. The number of ether oxygens (including phenoxy) is 2. The predicted octanol–water partition coefficient (Wildman–Crippen LogP) is 3.81. The lowest BCUT2D eigenvalue weighted by Crippen LogP contribution is -2.33. The Hall–Kier alpha value is -1.46. The summed E-state index contributed by atoms with van der Waals surface area (Å²) in [5.41, 5.74) is 0.622. The lowest BCUT2D eigenvalue weighted by molar-refractivity contribution is 0.0950. The van der Waals surface area contributed by atoms with Gasteiger partial charge in [-0.3, -0.25) is 4.79 Å². The molecule has 0 aromatic heterocycles. The van der Waals surface area contributed by atoms with Crippen LogP contribution in [0.2, 0.25) is 0 Å². The average molecular weight is 385 g/mol. The van der Waals surface area contributed by atoms with Crippen molar-refractivity contribution in [2.45, 2.75) is 46.0 Å². The lowest BCUT2D eigenvalue weighted by atomic mass is 9.96. The van der Waals surface area contributed by atoms with Crippen LogP contribution in [0.5, 0.6) is 11.5 Å². The molecule has 1 amide bonds. The molecule has 26 heavy (non-hydrogen) atoms. The summed E-state index contributed by atoms with van der Waals surface area (Å²) in [4.78, 5) is 12.4. The third kappa shape index (κ3) is 7.42. The molecule has 1 fully saturated rings. The highest BCUT2D eigenvalue weighted by Crippen LogP contribution is 2.29. The molecular weight excluding hydrogens is 352 g/mol. The molecule has 1 atom stereocenters. The van der Waals surface area contributed by atoms with Crippen molar-refractivity contribution in [3.8, 4) is 11.5 Å². The minimum atomic E-state index is -0.0489. The fourth-order valence-electron chi connectivity index (χ4n) is 2.97. The maximum absolute atomic E-state index is 12.4. The summed E-state index contributed by atoms with van der Waals surface area (Å²) in [7, 11) is 0. The number of piperidine rings is 1. The number of benzene rings is 1. The maximum Gasteiger partial charge on any atom is 0.251 e. The molecule has 1 aromatic carbocycles. The van der Waals surface area contributed by atoms with E-state index in [4.69, 9.17) is 9.47 Å². The number of carbonyl (C=O) groups is 1. The van der Waals surface area contributed by atoms with Gasteiger partial charge in [-0.1, -0.05) is 13.8 Å². The van der Waals surface area contributed by atoms with Crippen molar-refractivity contribution in [2.24, 2.45) is 5.92 Å². The van der Waals surface area contributed by atoms with E-state index in [0.29, 0.717) is 42.7 Å². The van der Waals surface area contributed by atoms with E-state index in [-0.39, 0.29) is 18.3 Å². The average Bonchev–Trinajstić information content (AvgIpc) is 2.65. The maximum atomic E-state index is 12.4. The lowest BCUT2D eigenvalue weighted by Gasteiger charge is -2.22. The number of hydrogen-bond donors (Lipinski definition) is 2. The van der Waals surface area contributed by atoms with Gasteiger partial charge in [0.05, 0.1) is 13.2 Å². The molecule has 0 aliphatic carbocycles. The van der Waals surface area contributed by atoms with E-state index in [1.54, 1.807) is 12.1 Å². The molecule has 148 valence electrons. The van der Waals surface area contributed by atoms with Crippen LogP contribution in [0.15, 0.2) is 18.2 Å². The molecule has 6 heteroatoms. The molecule has 0 saturated carbocycles. The first kappa shape index (κ1) is 22.6. The third-order valence-corrected chi connectivity index (χ3v) is 4.37. The van der Waals surface area contributed by atoms with Crippen LogP contribution in [0.1, 0.15) is 56.3 Å². The Morgan fingerprint density at radius 2 is 1.92 bits per heavy atom. The van der Waals surface area contributed by atoms with Crippen molar-refractivity contribution in [1.82, 2.24) is 10.6 Å². The molecule has 0 spiro atoms. The number of halogens is 1. The van der Waals surface area contributed by atoms with E-state index < -0.39 is 0 Å². The molecule has 0 bridgehead atoms. The SMILES string of the molecule is CCCOc1ccc(C(=O)NCCC2CCCNC2)cc1OCCC.Cl. The van der Waals surface area contributed by atoms with E-state index in [1.165, 1.54) is 12.8 Å². The zero-order valence-electron chi connectivity index (χ0n) is 16.0. The molecule has 1 heterocycles. The minimum absolute atomic E-state index is 0. The molecule has 0 radical (unpaired) electrons. The summed E-state index contributed by atoms with van der Waals surface area (Å²) < 4.78 is 11.5. The van der Waals surface area contributed by atoms with Gasteiger partial charge in [0.25, 0.3) is 5.91 Å². The van der Waals surface area contributed by atoms with Crippen LogP contribution in [0.4, 0.5) is 0 Å². The Labute approximate surface area is 163 Å². The minimum Gasteiger partial charge on any atom is -0.490 e. The summed E-state index contributed by atoms with van der Waals surface area (Å²) in [6.45, 7) is 8.28. The summed E-state index contributed by atoms with van der Waals surface area (Å²) in [5, 5.41) is 6.44. The van der Waals surface area contributed by atoms with Crippen molar-refractivity contribution >= 4 is 18.3 Å². The monoisotopic (exact) mass is 384 g/mol. The molecule has 1 aromatic rings. The fourth-order valence-corrected chi connectivity index (χ4v) is 2.97. The highest BCUT2D eigenvalue weighted by atomic mass is 35.5. The van der Waals surface area contributed by atoms with E-state index in [1.807, 2.05) is 6.07 Å². The Morgan fingerprint density at radius 1 is 1.19 bits per heavy atom. The zero-order valence-corrected chi connectivity index (χ0v) is 16.8. The van der Waals surface area contributed by atoms with Gasteiger partial charge in [0.15, 0.2) is 11.5 Å². The number of amides is 1. The number of rotatable bonds is 10. The normalized spacial score (nSPS) is 16.5. The van der Waals surface area contributed by atoms with Gasteiger partial charge in [-0.15, -0.1) is 12.4 Å². The van der Waals surface area contributed by atoms with Crippen molar-refractivity contribution in [3.05, 3.63) is 23.8 Å². The van der Waals surface area contributed by atoms with Gasteiger partial charge >= 0.3 is 0 Å². The molecule has 1 aliphatic heterocycles. The van der Waals surface area contributed by atoms with Crippen molar-refractivity contribution in [3.63, 3.8) is 0 Å². The molecule has 1 aliphatic rings. The van der Waals surface area contributed by atoms with Crippen LogP contribution in [-0.4, -0.2) is 38.8 Å². The van der Waals surface area contributed by atoms with Gasteiger partial charge < -0.3 is 20.1 Å². The van der Waals surface area contributed by atoms with Gasteiger partial charge in [-0.2, -0.15) is 0 Å². The highest BCUT2D eigenvalue weighted by molar-refractivity contribution is 5.94. The first-order valence-corrected chi connectivity index (χ1v) is 9.63. The fraction of sp³-hybridized carbons (Fsp3) is 0.650. The van der Waals surface area contributed by atoms with Gasteiger partial charge in [-0.05, 0) is 69.3 Å². The number of nitrogens with one attached hydrogen (secondary N) is 2. The Kier molecular flexibility index (Phi) is 11.1. The third-order valence-electron chi connectivity index (χ3n) is 4.37. The van der Waals surface area contributed by atoms with Crippen LogP contribution >= 0.6 is 12.4 Å². The van der Waals surface area contributed by atoms with Crippen LogP contribution in [0.3, 0.4) is 0 Å². The van der Waals surface area contributed by atoms with Gasteiger partial charge in [0.1, 0.15) is 0 Å². The largest absolute Gasteiger partial charge is 0.490 e. The molecule has 2 N–H and O–H groups in total. The first-order valence-electron chi connectivity index (χ1n) is 9.63. The molecular formula is C20H33ClN2O3. The molecule has 1 unspecified atom stereocenters. The first-order chi connectivity index (χ1) is 12.2. The van der Waals surface area contributed by atoms with E-state index >= 15 is 0 Å². The second kappa shape index (κ2) is 12.8. The van der Waals surface area contributed by atoms with Gasteiger partial charge in [0.2, 0.25) is 0 Å². The zero-order chi connectivity index (χ0) is 17.9. The Balaban J connectivity index is 0.00000338. The molecule has 5 nitrogen and oxygen atoms in total. The van der Waals surface area contributed by atoms with Gasteiger partial charge in [0, 0.05) is 12.1 Å². The topological polar surface area (TPSA) is 59.6 Å². The molecule has 2 rings (SSSR count). The van der Waals surface area contributed by atoms with Crippen LogP contribution < -0.4 is 20.1 Å². The van der Waals surface area contributed by atoms with Crippen molar-refractivity contribution in [2.75, 3.05) is 32.8 Å². The van der Waals surface area contributed by atoms with E-state index in [9.17, 15) is 4.79 Å². The Morgan fingerprint density at radius 3 is 2.58 bits per heavy atom. The van der Waals surface area contributed by atoms with E-state index in [2.05, 4.69) is 24.5 Å². The summed E-state index contributed by atoms with van der Waals surface area (Å²) in [5.74, 6) is 1.98. The second-order valence-corrected chi connectivity index (χ2v) is 6.62. The summed E-state index contributed by atoms with van der Waals surface area (Å²) in [6, 6.07) is 5.43. The van der Waals surface area contributed by atoms with Crippen LogP contribution in [-0.2, 0) is 0 Å². The van der Waals surface area contributed by atoms with Crippen LogP contribution in [0.25, 0.3) is 0 Å². The number of carbonyl (C=O) groups excluding carboxylic acids is 1. The summed E-state index contributed by atoms with van der Waals surface area (Å²) in [6.07, 6.45) is 5.36. The predicted molar refractivity (Wildman–Crippen MR) is 108 cm³/mol. The Bertz CT molecular complexity index is 534. The summed E-state index contributed by atoms with van der Waals surface area (Å²) >= 11 is 0. The highest BCUT2D eigenvalue weighted by Gasteiger charge is 2.15. The van der Waals surface area contributed by atoms with E-state index in [0.717, 1.165) is 32.4 Å². The second-order valence-electron chi connectivity index (χ2n) is 6.62. The number of hydrogen-bond acceptors (Lipinski definition) is 4. The molecule has 1 saturated heterocycles. The van der Waals surface area contributed by atoms with Crippen molar-refractivity contribution in [1.29, 1.82) is 0 Å².